The maximum atomic E-state index is 14.8. The van der Waals surface area contributed by atoms with Gasteiger partial charge in [0, 0.05) is 40.8 Å². The largest absolute Gasteiger partial charge is 0.417 e. The van der Waals surface area contributed by atoms with Crippen LogP contribution < -0.4 is 5.69 Å². The van der Waals surface area contributed by atoms with Crippen molar-refractivity contribution >= 4 is 37.9 Å². The number of pyridine rings is 2. The van der Waals surface area contributed by atoms with Crippen molar-refractivity contribution in [1.82, 2.24) is 23.1 Å². The highest BCUT2D eigenvalue weighted by atomic mass is 32.2. The quantitative estimate of drug-likeness (QED) is 0.234. The van der Waals surface area contributed by atoms with E-state index in [1.54, 1.807) is 19.1 Å². The van der Waals surface area contributed by atoms with E-state index in [1.165, 1.54) is 33.5 Å². The molecule has 1 aliphatic heterocycles. The van der Waals surface area contributed by atoms with E-state index in [1.807, 2.05) is 6.08 Å². The second-order valence-corrected chi connectivity index (χ2v) is 13.3. The lowest BCUT2D eigenvalue weighted by Crippen LogP contribution is -2.36. The molecule has 0 bridgehead atoms. The molecule has 5 aromatic rings. The Bertz CT molecular complexity index is 2160. The molecule has 0 N–H and O–H groups in total. The summed E-state index contributed by atoms with van der Waals surface area (Å²) < 4.78 is 86.5. The fourth-order valence-corrected chi connectivity index (χ4v) is 7.49. The highest BCUT2D eigenvalue weighted by Crippen LogP contribution is 2.42. The molecule has 0 unspecified atom stereocenters. The summed E-state index contributed by atoms with van der Waals surface area (Å²) in [7, 11) is -4.23. The van der Waals surface area contributed by atoms with Crippen LogP contribution in [0.5, 0.6) is 0 Å². The molecular weight excluding hydrogens is 623 g/mol. The molecule has 1 fully saturated rings. The summed E-state index contributed by atoms with van der Waals surface area (Å²) in [6.07, 6.45) is 3.48. The molecule has 0 saturated carbocycles. The molecule has 240 valence electrons. The van der Waals surface area contributed by atoms with E-state index in [2.05, 4.69) is 9.97 Å². The van der Waals surface area contributed by atoms with Gasteiger partial charge in [-0.05, 0) is 56.9 Å². The smallest absolute Gasteiger partial charge is 0.376 e. The zero-order chi connectivity index (χ0) is 32.2. The number of nitrogens with zero attached hydrogens (tertiary/aromatic N) is 5. The first-order chi connectivity index (χ1) is 22.0. The lowest BCUT2D eigenvalue weighted by molar-refractivity contribution is -0.135. The molecule has 1 atom stereocenters. The van der Waals surface area contributed by atoms with Crippen LogP contribution in [0.4, 0.5) is 13.2 Å². The molecule has 0 amide bonds. The van der Waals surface area contributed by atoms with Gasteiger partial charge in [0.2, 0.25) is 0 Å². The van der Waals surface area contributed by atoms with E-state index in [-0.39, 0.29) is 45.9 Å². The molecule has 10 nitrogen and oxygen atoms in total. The van der Waals surface area contributed by atoms with Crippen LogP contribution >= 0.6 is 0 Å². The van der Waals surface area contributed by atoms with Crippen molar-refractivity contribution in [3.8, 4) is 11.1 Å². The minimum Gasteiger partial charge on any atom is -0.376 e. The molecule has 2 aliphatic rings. The van der Waals surface area contributed by atoms with Gasteiger partial charge in [-0.25, -0.2) is 31.7 Å². The number of rotatable bonds is 6. The van der Waals surface area contributed by atoms with Crippen LogP contribution in [0.25, 0.3) is 39.0 Å². The summed E-state index contributed by atoms with van der Waals surface area (Å²) in [5.74, 6) is 0. The number of benzene rings is 1. The van der Waals surface area contributed by atoms with Crippen molar-refractivity contribution in [3.63, 3.8) is 0 Å². The average molecular weight is 654 g/mol. The Morgan fingerprint density at radius 1 is 1.02 bits per heavy atom. The molecule has 1 aromatic carbocycles. The number of alkyl halides is 3. The fourth-order valence-electron chi connectivity index (χ4n) is 6.19. The summed E-state index contributed by atoms with van der Waals surface area (Å²) in [6, 6.07) is 8.63. The number of fused-ring (bicyclic) bond motifs is 2. The Labute approximate surface area is 261 Å². The minimum atomic E-state index is -4.88. The summed E-state index contributed by atoms with van der Waals surface area (Å²) in [5, 5.41) is -0.379. The summed E-state index contributed by atoms with van der Waals surface area (Å²) in [4.78, 5) is 22.5. The fraction of sp³-hybridized carbons (Fsp3) is 0.344. The molecule has 0 radical (unpaired) electrons. The highest BCUT2D eigenvalue weighted by molar-refractivity contribution is 7.90. The van der Waals surface area contributed by atoms with E-state index in [9.17, 15) is 26.4 Å². The van der Waals surface area contributed by atoms with Crippen molar-refractivity contribution in [2.45, 2.75) is 56.3 Å². The zero-order valence-corrected chi connectivity index (χ0v) is 25.6. The van der Waals surface area contributed by atoms with Gasteiger partial charge in [0.1, 0.15) is 0 Å². The molecule has 1 saturated heterocycles. The third-order valence-electron chi connectivity index (χ3n) is 8.45. The Kier molecular flexibility index (Phi) is 7.60. The van der Waals surface area contributed by atoms with Gasteiger partial charge in [0.25, 0.3) is 10.0 Å². The minimum absolute atomic E-state index is 0.0763. The molecule has 1 aliphatic carbocycles. The predicted molar refractivity (Wildman–Crippen MR) is 165 cm³/mol. The van der Waals surface area contributed by atoms with Gasteiger partial charge in [-0.15, -0.1) is 0 Å². The van der Waals surface area contributed by atoms with Crippen LogP contribution in [0.15, 0.2) is 70.8 Å². The van der Waals surface area contributed by atoms with Crippen molar-refractivity contribution in [2.24, 2.45) is 0 Å². The maximum absolute atomic E-state index is 14.8. The van der Waals surface area contributed by atoms with Crippen molar-refractivity contribution in [3.05, 3.63) is 82.7 Å². The highest BCUT2D eigenvalue weighted by Gasteiger charge is 2.38. The number of aromatic nitrogens is 5. The summed E-state index contributed by atoms with van der Waals surface area (Å²) >= 11 is 0. The van der Waals surface area contributed by atoms with Gasteiger partial charge in [-0.1, -0.05) is 23.8 Å². The van der Waals surface area contributed by atoms with E-state index < -0.39 is 27.9 Å². The Morgan fingerprint density at radius 2 is 1.80 bits per heavy atom. The number of hydrogen-bond donors (Lipinski definition) is 0. The third kappa shape index (κ3) is 5.23. The Morgan fingerprint density at radius 3 is 2.50 bits per heavy atom. The third-order valence-corrected chi connectivity index (χ3v) is 10.1. The molecule has 4 aromatic heterocycles. The van der Waals surface area contributed by atoms with Gasteiger partial charge in [0.15, 0.2) is 11.3 Å². The van der Waals surface area contributed by atoms with Crippen LogP contribution in [-0.4, -0.2) is 57.4 Å². The van der Waals surface area contributed by atoms with Crippen molar-refractivity contribution < 1.29 is 31.1 Å². The average Bonchev–Trinajstić information content (AvgIpc) is 3.60. The molecule has 5 heterocycles. The summed E-state index contributed by atoms with van der Waals surface area (Å²) in [5.41, 5.74) is 0.332. The SMILES string of the molecule is Cc1ccc(S(=O)(=O)n2ccc3c(C(F)(F)F)c(-c4cnc5c(c4)n(C[C@H]4COCCO4)c(=O)n5C4=CCCCC4)cnc32)cc1. The van der Waals surface area contributed by atoms with Gasteiger partial charge >= 0.3 is 11.9 Å². The maximum Gasteiger partial charge on any atom is 0.417 e. The number of aryl methyl sites for hydroxylation is 1. The van der Waals surface area contributed by atoms with Crippen molar-refractivity contribution in [2.75, 3.05) is 19.8 Å². The molecule has 0 spiro atoms. The van der Waals surface area contributed by atoms with Crippen LogP contribution in [0.1, 0.15) is 36.8 Å². The normalized spacial score (nSPS) is 17.9. The first-order valence-corrected chi connectivity index (χ1v) is 16.4. The van der Waals surface area contributed by atoms with Gasteiger partial charge in [0.05, 0.1) is 48.4 Å². The van der Waals surface area contributed by atoms with E-state index in [4.69, 9.17) is 9.47 Å². The predicted octanol–water partition coefficient (Wildman–Crippen LogP) is 5.61. The molecular formula is C32H30F3N5O5S. The van der Waals surface area contributed by atoms with Gasteiger partial charge < -0.3 is 9.47 Å². The van der Waals surface area contributed by atoms with E-state index >= 15 is 0 Å². The molecule has 46 heavy (non-hydrogen) atoms. The Hall–Kier alpha value is -4.27. The molecule has 7 rings (SSSR count). The first kappa shape index (κ1) is 30.4. The lowest BCUT2D eigenvalue weighted by Gasteiger charge is -2.23. The van der Waals surface area contributed by atoms with Crippen LogP contribution in [-0.2, 0) is 32.2 Å². The summed E-state index contributed by atoms with van der Waals surface area (Å²) in [6.45, 7) is 3.01. The van der Waals surface area contributed by atoms with E-state index in [0.29, 0.717) is 30.8 Å². The standard InChI is InChI=1S/C32H30F3N5O5S/c1-20-7-9-24(10-8-20)46(42,43)39-12-11-25-28(32(33,34)35)26(17-37-29(25)39)21-15-27-30(36-16-21)40(22-5-3-2-4-6-22)31(41)38(27)18-23-19-44-13-14-45-23/h5,7-12,15-17,23H,2-4,6,13-14,18-19H2,1H3/t23-/m0/s1. The van der Waals surface area contributed by atoms with Crippen LogP contribution in [0.3, 0.4) is 0 Å². The Balaban J connectivity index is 1.40. The lowest BCUT2D eigenvalue weighted by atomic mass is 10.0. The van der Waals surface area contributed by atoms with E-state index in [0.717, 1.165) is 53.0 Å². The zero-order valence-electron chi connectivity index (χ0n) is 24.8. The number of imidazole rings is 1. The van der Waals surface area contributed by atoms with Crippen LogP contribution in [0, 0.1) is 6.92 Å². The topological polar surface area (TPSA) is 110 Å². The second kappa shape index (κ2) is 11.5. The number of ether oxygens (including phenoxy) is 2. The number of allylic oxidation sites excluding steroid dienone is 2. The second-order valence-electron chi connectivity index (χ2n) is 11.5. The van der Waals surface area contributed by atoms with Gasteiger partial charge in [-0.2, -0.15) is 13.2 Å². The number of hydrogen-bond acceptors (Lipinski definition) is 7. The number of halogens is 3. The van der Waals surface area contributed by atoms with Crippen LogP contribution in [0.2, 0.25) is 0 Å². The first-order valence-electron chi connectivity index (χ1n) is 14.9. The monoisotopic (exact) mass is 653 g/mol. The molecule has 14 heteroatoms. The van der Waals surface area contributed by atoms with Crippen molar-refractivity contribution in [1.29, 1.82) is 0 Å². The van der Waals surface area contributed by atoms with Gasteiger partial charge in [-0.3, -0.25) is 4.57 Å².